The second-order valence-electron chi connectivity index (χ2n) is 8.00. The molecule has 0 aromatic carbocycles. The Balaban J connectivity index is 1.67. The highest BCUT2D eigenvalue weighted by atomic mass is 16.5. The molecule has 0 radical (unpaired) electrons. The summed E-state index contributed by atoms with van der Waals surface area (Å²) in [6, 6.07) is 0. The molecule has 0 spiro atoms. The van der Waals surface area contributed by atoms with Gasteiger partial charge in [0.2, 0.25) is 5.91 Å². The van der Waals surface area contributed by atoms with E-state index in [1.54, 1.807) is 0 Å². The van der Waals surface area contributed by atoms with Crippen molar-refractivity contribution in [2.24, 2.45) is 5.92 Å². The number of carbonyl (C=O) groups excluding carboxylic acids is 1. The van der Waals surface area contributed by atoms with Crippen LogP contribution in [0.5, 0.6) is 0 Å². The molecule has 4 aliphatic heterocycles. The molecule has 2 bridgehead atoms. The van der Waals surface area contributed by atoms with Crippen molar-refractivity contribution in [1.82, 2.24) is 9.80 Å². The maximum atomic E-state index is 12.7. The minimum atomic E-state index is -0.159. The number of carbonyl (C=O) groups is 1. The van der Waals surface area contributed by atoms with Gasteiger partial charge in [0.05, 0.1) is 17.7 Å². The van der Waals surface area contributed by atoms with Gasteiger partial charge in [0, 0.05) is 19.0 Å². The van der Waals surface area contributed by atoms with Crippen LogP contribution in [0.1, 0.15) is 52.9 Å². The van der Waals surface area contributed by atoms with Gasteiger partial charge in [0.1, 0.15) is 0 Å². The topological polar surface area (TPSA) is 32.8 Å². The summed E-state index contributed by atoms with van der Waals surface area (Å²) in [5.74, 6) is 0.773. The van der Waals surface area contributed by atoms with Crippen LogP contribution in [0, 0.1) is 5.92 Å². The number of piperidine rings is 1. The molecular formula is C17H30N2O2. The lowest BCUT2D eigenvalue weighted by molar-refractivity contribution is -0.176. The molecule has 1 amide bonds. The molecule has 0 N–H and O–H groups in total. The lowest BCUT2D eigenvalue weighted by Crippen LogP contribution is -2.49. The van der Waals surface area contributed by atoms with Crippen molar-refractivity contribution in [3.63, 3.8) is 0 Å². The fourth-order valence-electron chi connectivity index (χ4n) is 4.35. The second kappa shape index (κ2) is 5.54. The first kappa shape index (κ1) is 15.3. The highest BCUT2D eigenvalue weighted by Gasteiger charge is 2.49. The third-order valence-electron chi connectivity index (χ3n) is 5.64. The van der Waals surface area contributed by atoms with Gasteiger partial charge in [0.15, 0.2) is 0 Å². The lowest BCUT2D eigenvalue weighted by atomic mass is 9.81. The number of fused-ring (bicyclic) bond motifs is 4. The largest absolute Gasteiger partial charge is 0.367 e. The van der Waals surface area contributed by atoms with Crippen LogP contribution >= 0.6 is 0 Å². The van der Waals surface area contributed by atoms with Crippen LogP contribution in [0.2, 0.25) is 0 Å². The molecule has 4 fully saturated rings. The van der Waals surface area contributed by atoms with Gasteiger partial charge in [-0.3, -0.25) is 9.69 Å². The van der Waals surface area contributed by atoms with Crippen LogP contribution in [0.25, 0.3) is 0 Å². The van der Waals surface area contributed by atoms with E-state index >= 15 is 0 Å². The van der Waals surface area contributed by atoms with E-state index in [9.17, 15) is 4.79 Å². The van der Waals surface area contributed by atoms with Crippen LogP contribution < -0.4 is 0 Å². The molecule has 4 saturated heterocycles. The Morgan fingerprint density at radius 3 is 2.57 bits per heavy atom. The van der Waals surface area contributed by atoms with E-state index in [0.29, 0.717) is 18.4 Å². The van der Waals surface area contributed by atoms with Crippen molar-refractivity contribution in [2.75, 3.05) is 32.7 Å². The zero-order chi connectivity index (χ0) is 15.1. The highest BCUT2D eigenvalue weighted by Crippen LogP contribution is 2.43. The first-order valence-corrected chi connectivity index (χ1v) is 8.58. The molecular weight excluding hydrogens is 264 g/mol. The van der Waals surface area contributed by atoms with E-state index in [2.05, 4.69) is 30.6 Å². The first-order chi connectivity index (χ1) is 9.88. The first-order valence-electron chi connectivity index (χ1n) is 8.58. The van der Waals surface area contributed by atoms with Gasteiger partial charge >= 0.3 is 0 Å². The maximum Gasteiger partial charge on any atom is 0.236 e. The number of nitrogens with zero attached hydrogens (tertiary/aromatic N) is 2. The smallest absolute Gasteiger partial charge is 0.236 e. The van der Waals surface area contributed by atoms with Gasteiger partial charge in [0.25, 0.3) is 0 Å². The molecule has 0 aromatic heterocycles. The molecule has 4 rings (SSSR count). The molecule has 4 aliphatic rings. The lowest BCUT2D eigenvalue weighted by Gasteiger charge is -2.44. The molecule has 2 atom stereocenters. The second-order valence-corrected chi connectivity index (χ2v) is 8.00. The average molecular weight is 294 g/mol. The Morgan fingerprint density at radius 2 is 1.90 bits per heavy atom. The van der Waals surface area contributed by atoms with Crippen LogP contribution in [0.15, 0.2) is 0 Å². The quantitative estimate of drug-likeness (QED) is 0.783. The SMILES string of the molecule is CC12CCC(CN(C(=O)CN3CCCCC3)C1)C(C)(C)O2. The Morgan fingerprint density at radius 1 is 1.19 bits per heavy atom. The summed E-state index contributed by atoms with van der Waals surface area (Å²) in [5.41, 5.74) is -0.263. The molecule has 2 unspecified atom stereocenters. The molecule has 0 saturated carbocycles. The Hall–Kier alpha value is -0.610. The fraction of sp³-hybridized carbons (Fsp3) is 0.941. The highest BCUT2D eigenvalue weighted by molar-refractivity contribution is 5.78. The molecule has 4 heterocycles. The molecule has 21 heavy (non-hydrogen) atoms. The van der Waals surface area contributed by atoms with Crippen molar-refractivity contribution < 1.29 is 9.53 Å². The van der Waals surface area contributed by atoms with Crippen LogP contribution in [-0.4, -0.2) is 59.6 Å². The van der Waals surface area contributed by atoms with Crippen molar-refractivity contribution in [3.8, 4) is 0 Å². The van der Waals surface area contributed by atoms with E-state index in [-0.39, 0.29) is 11.2 Å². The van der Waals surface area contributed by atoms with Crippen molar-refractivity contribution in [2.45, 2.75) is 64.1 Å². The molecule has 0 aromatic rings. The van der Waals surface area contributed by atoms with E-state index in [1.807, 2.05) is 0 Å². The van der Waals surface area contributed by atoms with Crippen molar-refractivity contribution in [3.05, 3.63) is 0 Å². The molecule has 120 valence electrons. The number of likely N-dealkylation sites (tertiary alicyclic amines) is 1. The molecule has 4 nitrogen and oxygen atoms in total. The number of rotatable bonds is 2. The Kier molecular flexibility index (Phi) is 4.04. The maximum absolute atomic E-state index is 12.7. The molecule has 4 heteroatoms. The monoisotopic (exact) mass is 294 g/mol. The summed E-state index contributed by atoms with van der Waals surface area (Å²) >= 11 is 0. The van der Waals surface area contributed by atoms with Gasteiger partial charge in [-0.15, -0.1) is 0 Å². The zero-order valence-electron chi connectivity index (χ0n) is 13.9. The van der Waals surface area contributed by atoms with Crippen molar-refractivity contribution >= 4 is 5.91 Å². The third-order valence-corrected chi connectivity index (χ3v) is 5.64. The van der Waals surface area contributed by atoms with Gasteiger partial charge in [-0.05, 0) is 59.5 Å². The Labute approximate surface area is 128 Å². The fourth-order valence-corrected chi connectivity index (χ4v) is 4.35. The van der Waals surface area contributed by atoms with Crippen LogP contribution in [-0.2, 0) is 9.53 Å². The molecule has 0 aliphatic carbocycles. The third kappa shape index (κ3) is 3.26. The van der Waals surface area contributed by atoms with Crippen LogP contribution in [0.3, 0.4) is 0 Å². The van der Waals surface area contributed by atoms with Gasteiger partial charge in [-0.25, -0.2) is 0 Å². The summed E-state index contributed by atoms with van der Waals surface area (Å²) in [7, 11) is 0. The van der Waals surface area contributed by atoms with Gasteiger partial charge in [-0.1, -0.05) is 6.42 Å². The standard InChI is InChI=1S/C17H30N2O2/c1-16(2)14-7-8-17(3,21-16)13-19(11-14)15(20)12-18-9-5-4-6-10-18/h14H,4-13H2,1-3H3. The van der Waals surface area contributed by atoms with E-state index in [0.717, 1.165) is 32.6 Å². The summed E-state index contributed by atoms with van der Waals surface area (Å²) in [5, 5.41) is 0. The van der Waals surface area contributed by atoms with Gasteiger partial charge in [-0.2, -0.15) is 0 Å². The minimum absolute atomic E-state index is 0.104. The van der Waals surface area contributed by atoms with E-state index < -0.39 is 0 Å². The minimum Gasteiger partial charge on any atom is -0.367 e. The van der Waals surface area contributed by atoms with Crippen LogP contribution in [0.4, 0.5) is 0 Å². The number of ether oxygens (including phenoxy) is 1. The predicted molar refractivity (Wildman–Crippen MR) is 83.2 cm³/mol. The Bertz CT molecular complexity index is 404. The summed E-state index contributed by atoms with van der Waals surface area (Å²) in [6.07, 6.45) is 6.05. The number of amides is 1. The van der Waals surface area contributed by atoms with E-state index in [4.69, 9.17) is 4.74 Å². The van der Waals surface area contributed by atoms with E-state index in [1.165, 1.54) is 25.7 Å². The summed E-state index contributed by atoms with van der Waals surface area (Å²) in [4.78, 5) is 17.1. The van der Waals surface area contributed by atoms with Crippen molar-refractivity contribution in [1.29, 1.82) is 0 Å². The number of hydrogen-bond acceptors (Lipinski definition) is 3. The van der Waals surface area contributed by atoms with Gasteiger partial charge < -0.3 is 9.64 Å². The number of hydrogen-bond donors (Lipinski definition) is 0. The summed E-state index contributed by atoms with van der Waals surface area (Å²) < 4.78 is 6.35. The average Bonchev–Trinajstić information content (AvgIpc) is 2.64. The predicted octanol–water partition coefficient (Wildman–Crippen LogP) is 2.28. The summed E-state index contributed by atoms with van der Waals surface area (Å²) in [6.45, 7) is 11.0. The zero-order valence-corrected chi connectivity index (χ0v) is 13.9. The normalized spacial score (nSPS) is 36.5.